The lowest BCUT2D eigenvalue weighted by atomic mass is 9.68. The summed E-state index contributed by atoms with van der Waals surface area (Å²) < 4.78 is 12.2. The van der Waals surface area contributed by atoms with Gasteiger partial charge in [0.15, 0.2) is 6.61 Å². The number of carboxylic acids is 1. The first-order valence-corrected chi connectivity index (χ1v) is 9.53. The van der Waals surface area contributed by atoms with Crippen molar-refractivity contribution in [2.45, 2.75) is 57.2 Å². The van der Waals surface area contributed by atoms with Crippen LogP contribution in [-0.2, 0) is 9.53 Å². The molecular formula is C21H29NO4. The van der Waals surface area contributed by atoms with E-state index in [4.69, 9.17) is 14.6 Å². The molecule has 0 aromatic heterocycles. The molecule has 1 saturated heterocycles. The van der Waals surface area contributed by atoms with E-state index in [-0.39, 0.29) is 18.9 Å². The fraction of sp³-hybridized carbons (Fsp3) is 0.571. The fourth-order valence-corrected chi connectivity index (χ4v) is 4.88. The lowest BCUT2D eigenvalue weighted by Crippen LogP contribution is -2.41. The Labute approximate surface area is 155 Å². The van der Waals surface area contributed by atoms with Crippen molar-refractivity contribution in [3.8, 4) is 5.75 Å². The Kier molecular flexibility index (Phi) is 5.99. The van der Waals surface area contributed by atoms with Gasteiger partial charge in [-0.2, -0.15) is 0 Å². The summed E-state index contributed by atoms with van der Waals surface area (Å²) in [4.78, 5) is 10.9. The smallest absolute Gasteiger partial charge is 0.341 e. The van der Waals surface area contributed by atoms with Crippen molar-refractivity contribution in [2.24, 2.45) is 11.8 Å². The van der Waals surface area contributed by atoms with E-state index < -0.39 is 5.97 Å². The third-order valence-electron chi connectivity index (χ3n) is 5.92. The number of hydrogen-bond acceptors (Lipinski definition) is 4. The van der Waals surface area contributed by atoms with Crippen molar-refractivity contribution in [1.29, 1.82) is 0 Å². The molecule has 2 aliphatic carbocycles. The van der Waals surface area contributed by atoms with Crippen LogP contribution in [0.25, 0.3) is 0 Å². The molecule has 0 radical (unpaired) electrons. The van der Waals surface area contributed by atoms with Crippen LogP contribution in [0.4, 0.5) is 0 Å². The van der Waals surface area contributed by atoms with Crippen LogP contribution in [-0.4, -0.2) is 23.8 Å². The molecule has 26 heavy (non-hydrogen) atoms. The Hall–Kier alpha value is -1.85. The predicted octanol–water partition coefficient (Wildman–Crippen LogP) is 4.67. The summed E-state index contributed by atoms with van der Waals surface area (Å²) in [6.07, 6.45) is 11.2. The molecule has 1 aliphatic heterocycles. The van der Waals surface area contributed by atoms with Crippen molar-refractivity contribution in [3.05, 3.63) is 41.5 Å². The Morgan fingerprint density at radius 3 is 2.73 bits per heavy atom. The zero-order valence-corrected chi connectivity index (χ0v) is 15.2. The molecule has 1 aromatic rings. The lowest BCUT2D eigenvalue weighted by molar-refractivity contribution is -0.139. The van der Waals surface area contributed by atoms with Gasteiger partial charge in [-0.25, -0.2) is 4.79 Å². The monoisotopic (exact) mass is 359 g/mol. The summed E-state index contributed by atoms with van der Waals surface area (Å²) >= 11 is 0. The van der Waals surface area contributed by atoms with Crippen LogP contribution >= 0.6 is 0 Å². The Balaban J connectivity index is 0.00000196. The normalized spacial score (nSPS) is 30.2. The van der Waals surface area contributed by atoms with Gasteiger partial charge in [0.25, 0.3) is 0 Å². The quantitative estimate of drug-likeness (QED) is 0.762. The standard InChI is InChI=1S/C21H26O4.H3N/c22-20(23)13-24-18-11-5-4-10-17(18)21-16-9-2-1-7-14(16)15-8-3-6-12-19(15)25-21;/h4-5,7,10-11,15-16,19,21H,1-3,6,8-9,12-13H2,(H,22,23);1H3/t15?,16?,19-,21-;/m1./s1. The number of fused-ring (bicyclic) bond motifs is 3. The third-order valence-corrected chi connectivity index (χ3v) is 5.92. The molecule has 1 aromatic carbocycles. The van der Waals surface area contributed by atoms with Crippen LogP contribution in [0.5, 0.6) is 5.75 Å². The van der Waals surface area contributed by atoms with Gasteiger partial charge in [0.05, 0.1) is 12.2 Å². The number of hydrogen-bond donors (Lipinski definition) is 2. The molecule has 2 unspecified atom stereocenters. The predicted molar refractivity (Wildman–Crippen MR) is 99.6 cm³/mol. The summed E-state index contributed by atoms with van der Waals surface area (Å²) in [6, 6.07) is 7.79. The van der Waals surface area contributed by atoms with Gasteiger partial charge < -0.3 is 20.7 Å². The van der Waals surface area contributed by atoms with Gasteiger partial charge in [-0.3, -0.25) is 0 Å². The molecule has 0 spiro atoms. The second-order valence-electron chi connectivity index (χ2n) is 7.45. The fourth-order valence-electron chi connectivity index (χ4n) is 4.88. The zero-order valence-electron chi connectivity index (χ0n) is 15.2. The van der Waals surface area contributed by atoms with Gasteiger partial charge in [-0.15, -0.1) is 0 Å². The largest absolute Gasteiger partial charge is 0.482 e. The number of carboxylic acid groups (broad SMARTS) is 1. The number of carbonyl (C=O) groups is 1. The van der Waals surface area contributed by atoms with E-state index in [0.29, 0.717) is 23.7 Å². The summed E-state index contributed by atoms with van der Waals surface area (Å²) in [6.45, 7) is -0.316. The van der Waals surface area contributed by atoms with Crippen molar-refractivity contribution < 1.29 is 19.4 Å². The molecule has 5 nitrogen and oxygen atoms in total. The molecule has 3 aliphatic rings. The van der Waals surface area contributed by atoms with Gasteiger partial charge in [0.2, 0.25) is 0 Å². The Morgan fingerprint density at radius 2 is 1.88 bits per heavy atom. The van der Waals surface area contributed by atoms with Crippen molar-refractivity contribution >= 4 is 5.97 Å². The molecule has 1 saturated carbocycles. The van der Waals surface area contributed by atoms with Crippen LogP contribution in [0.3, 0.4) is 0 Å². The first-order chi connectivity index (χ1) is 12.2. The van der Waals surface area contributed by atoms with Crippen LogP contribution in [0.2, 0.25) is 0 Å². The number of allylic oxidation sites excluding steroid dienone is 1. The number of ether oxygens (including phenoxy) is 2. The highest BCUT2D eigenvalue weighted by atomic mass is 16.5. The number of rotatable bonds is 4. The summed E-state index contributed by atoms with van der Waals surface area (Å²) in [5, 5.41) is 8.95. The molecule has 4 N–H and O–H groups in total. The summed E-state index contributed by atoms with van der Waals surface area (Å²) in [7, 11) is 0. The number of aliphatic carboxylic acids is 1. The van der Waals surface area contributed by atoms with Crippen LogP contribution in [0, 0.1) is 11.8 Å². The first kappa shape index (κ1) is 18.9. The average Bonchev–Trinajstić information content (AvgIpc) is 2.66. The average molecular weight is 359 g/mol. The minimum atomic E-state index is -0.954. The number of para-hydroxylation sites is 1. The molecule has 0 bridgehead atoms. The highest BCUT2D eigenvalue weighted by molar-refractivity contribution is 5.68. The maximum Gasteiger partial charge on any atom is 0.341 e. The van der Waals surface area contributed by atoms with Crippen molar-refractivity contribution in [2.75, 3.05) is 6.61 Å². The van der Waals surface area contributed by atoms with Gasteiger partial charge in [-0.05, 0) is 38.2 Å². The highest BCUT2D eigenvalue weighted by Gasteiger charge is 2.44. The molecule has 142 valence electrons. The van der Waals surface area contributed by atoms with Gasteiger partial charge >= 0.3 is 5.97 Å². The van der Waals surface area contributed by atoms with Gasteiger partial charge in [-0.1, -0.05) is 42.7 Å². The summed E-state index contributed by atoms with van der Waals surface area (Å²) in [5.74, 6) is 0.684. The van der Waals surface area contributed by atoms with Crippen molar-refractivity contribution in [1.82, 2.24) is 6.15 Å². The van der Waals surface area contributed by atoms with E-state index in [9.17, 15) is 4.79 Å². The van der Waals surface area contributed by atoms with Gasteiger partial charge in [0, 0.05) is 17.4 Å². The molecule has 5 heteroatoms. The number of benzene rings is 1. The van der Waals surface area contributed by atoms with E-state index in [1.165, 1.54) is 32.1 Å². The molecular weight excluding hydrogens is 330 g/mol. The van der Waals surface area contributed by atoms with E-state index in [2.05, 4.69) is 6.08 Å². The van der Waals surface area contributed by atoms with E-state index >= 15 is 0 Å². The molecule has 4 rings (SSSR count). The van der Waals surface area contributed by atoms with Gasteiger partial charge in [0.1, 0.15) is 5.75 Å². The Bertz CT molecular complexity index is 672. The first-order valence-electron chi connectivity index (χ1n) is 9.53. The molecule has 1 heterocycles. The van der Waals surface area contributed by atoms with E-state index in [1.54, 1.807) is 5.57 Å². The third kappa shape index (κ3) is 3.64. The highest BCUT2D eigenvalue weighted by Crippen LogP contribution is 2.52. The summed E-state index contributed by atoms with van der Waals surface area (Å²) in [5.41, 5.74) is 2.60. The minimum Gasteiger partial charge on any atom is -0.482 e. The minimum absolute atomic E-state index is 0. The molecule has 2 fully saturated rings. The van der Waals surface area contributed by atoms with Crippen molar-refractivity contribution in [3.63, 3.8) is 0 Å². The second-order valence-corrected chi connectivity index (χ2v) is 7.45. The van der Waals surface area contributed by atoms with Crippen LogP contribution in [0.15, 0.2) is 35.9 Å². The lowest BCUT2D eigenvalue weighted by Gasteiger charge is -2.47. The second kappa shape index (κ2) is 8.23. The molecule has 4 atom stereocenters. The van der Waals surface area contributed by atoms with E-state index in [0.717, 1.165) is 18.4 Å². The topological polar surface area (TPSA) is 90.8 Å². The SMILES string of the molecule is N.O=C(O)COc1ccccc1[C@@H]1O[C@@H]2CCCCC2C2=CCCCC21. The van der Waals surface area contributed by atoms with Crippen LogP contribution < -0.4 is 10.9 Å². The zero-order chi connectivity index (χ0) is 17.2. The molecule has 0 amide bonds. The van der Waals surface area contributed by atoms with E-state index in [1.807, 2.05) is 24.3 Å². The van der Waals surface area contributed by atoms with Crippen LogP contribution in [0.1, 0.15) is 56.6 Å². The maximum atomic E-state index is 10.9. The Morgan fingerprint density at radius 1 is 1.12 bits per heavy atom. The maximum absolute atomic E-state index is 10.9.